The number of nitrogens with one attached hydrogen (secondary N) is 1. The summed E-state index contributed by atoms with van der Waals surface area (Å²) in [6.07, 6.45) is -1.07. The molecule has 0 bridgehead atoms. The number of hydrogen-bond donors (Lipinski definition) is 1. The zero-order valence-corrected chi connectivity index (χ0v) is 17.1. The first kappa shape index (κ1) is 21.1. The molecule has 160 valence electrons. The number of carbonyl (C=O) groups excluding carboxylic acids is 2. The average molecular weight is 417 g/mol. The van der Waals surface area contributed by atoms with Crippen molar-refractivity contribution >= 4 is 17.6 Å². The van der Waals surface area contributed by atoms with Crippen molar-refractivity contribution in [2.75, 3.05) is 39.9 Å². The van der Waals surface area contributed by atoms with E-state index in [0.717, 1.165) is 0 Å². The molecule has 3 rings (SSSR count). The molecular weight excluding hydrogens is 394 g/mol. The lowest BCUT2D eigenvalue weighted by molar-refractivity contribution is -0.123. The number of rotatable bonds is 7. The lowest BCUT2D eigenvalue weighted by Crippen LogP contribution is -2.30. The molecule has 9 heteroatoms. The third kappa shape index (κ3) is 4.51. The molecule has 1 unspecified atom stereocenters. The predicted molar refractivity (Wildman–Crippen MR) is 107 cm³/mol. The molecule has 1 atom stereocenters. The summed E-state index contributed by atoms with van der Waals surface area (Å²) in [6, 6.07) is 7.98. The molecule has 1 aliphatic heterocycles. The Balaban J connectivity index is 1.70. The molecule has 0 aromatic heterocycles. The largest absolute Gasteiger partial charge is 0.496 e. The van der Waals surface area contributed by atoms with Crippen LogP contribution in [-0.4, -0.2) is 52.5 Å². The number of esters is 1. The minimum absolute atomic E-state index is 0.106. The van der Waals surface area contributed by atoms with Crippen LogP contribution in [0.1, 0.15) is 17.3 Å². The Hall–Kier alpha value is -3.62. The fourth-order valence-electron chi connectivity index (χ4n) is 2.83. The first-order valence-electron chi connectivity index (χ1n) is 9.18. The summed E-state index contributed by atoms with van der Waals surface area (Å²) in [5, 5.41) is 2.69. The maximum absolute atomic E-state index is 12.6. The molecule has 0 spiro atoms. The third-order valence-corrected chi connectivity index (χ3v) is 4.39. The van der Waals surface area contributed by atoms with Gasteiger partial charge in [-0.05, 0) is 19.1 Å². The molecule has 0 aliphatic carbocycles. The van der Waals surface area contributed by atoms with E-state index >= 15 is 0 Å². The number of benzene rings is 2. The van der Waals surface area contributed by atoms with Gasteiger partial charge in [0, 0.05) is 23.9 Å². The van der Waals surface area contributed by atoms with E-state index < -0.39 is 18.0 Å². The lowest BCUT2D eigenvalue weighted by Gasteiger charge is -2.20. The summed E-state index contributed by atoms with van der Waals surface area (Å²) in [5.41, 5.74) is 0.602. The summed E-state index contributed by atoms with van der Waals surface area (Å²) in [7, 11) is 4.33. The molecule has 2 aromatic rings. The molecule has 0 fully saturated rings. The van der Waals surface area contributed by atoms with E-state index in [1.165, 1.54) is 40.4 Å². The molecule has 30 heavy (non-hydrogen) atoms. The van der Waals surface area contributed by atoms with Gasteiger partial charge in [-0.3, -0.25) is 4.79 Å². The number of anilines is 1. The second-order valence-corrected chi connectivity index (χ2v) is 6.30. The molecule has 1 aliphatic rings. The maximum Gasteiger partial charge on any atom is 0.342 e. The molecule has 9 nitrogen and oxygen atoms in total. The van der Waals surface area contributed by atoms with Crippen LogP contribution in [0, 0.1) is 0 Å². The van der Waals surface area contributed by atoms with Gasteiger partial charge in [0.2, 0.25) is 0 Å². The van der Waals surface area contributed by atoms with Gasteiger partial charge in [-0.15, -0.1) is 0 Å². The second-order valence-electron chi connectivity index (χ2n) is 6.30. The van der Waals surface area contributed by atoms with E-state index in [0.29, 0.717) is 41.9 Å². The van der Waals surface area contributed by atoms with Crippen LogP contribution in [0.4, 0.5) is 5.69 Å². The Bertz CT molecular complexity index is 943. The summed E-state index contributed by atoms with van der Waals surface area (Å²) < 4.78 is 31.9. The van der Waals surface area contributed by atoms with Crippen LogP contribution in [0.15, 0.2) is 30.3 Å². The van der Waals surface area contributed by atoms with Crippen molar-refractivity contribution in [2.24, 2.45) is 0 Å². The Morgan fingerprint density at radius 2 is 1.53 bits per heavy atom. The van der Waals surface area contributed by atoms with Crippen LogP contribution < -0.4 is 29.0 Å². The van der Waals surface area contributed by atoms with Crippen LogP contribution in [0.5, 0.6) is 28.7 Å². The fourth-order valence-corrected chi connectivity index (χ4v) is 2.83. The van der Waals surface area contributed by atoms with Crippen molar-refractivity contribution in [3.05, 3.63) is 35.9 Å². The van der Waals surface area contributed by atoms with Gasteiger partial charge in [0.15, 0.2) is 29.1 Å². The molecule has 1 N–H and O–H groups in total. The van der Waals surface area contributed by atoms with Crippen LogP contribution in [0.2, 0.25) is 0 Å². The van der Waals surface area contributed by atoms with Crippen molar-refractivity contribution < 1.29 is 38.0 Å². The van der Waals surface area contributed by atoms with Crippen molar-refractivity contribution in [1.82, 2.24) is 0 Å². The van der Waals surface area contributed by atoms with Crippen molar-refractivity contribution in [2.45, 2.75) is 13.0 Å². The van der Waals surface area contributed by atoms with Crippen LogP contribution in [0.25, 0.3) is 0 Å². The number of ether oxygens (including phenoxy) is 6. The zero-order chi connectivity index (χ0) is 21.7. The van der Waals surface area contributed by atoms with Crippen LogP contribution >= 0.6 is 0 Å². The van der Waals surface area contributed by atoms with Gasteiger partial charge in [-0.25, -0.2) is 4.79 Å². The zero-order valence-electron chi connectivity index (χ0n) is 17.1. The quantitative estimate of drug-likeness (QED) is 0.686. The van der Waals surface area contributed by atoms with Gasteiger partial charge in [-0.1, -0.05) is 0 Å². The lowest BCUT2D eigenvalue weighted by atomic mass is 10.1. The normalized spacial score (nSPS) is 13.1. The number of hydrogen-bond acceptors (Lipinski definition) is 8. The maximum atomic E-state index is 12.6. The van der Waals surface area contributed by atoms with Gasteiger partial charge in [0.25, 0.3) is 5.91 Å². The van der Waals surface area contributed by atoms with E-state index in [4.69, 9.17) is 28.4 Å². The highest BCUT2D eigenvalue weighted by molar-refractivity contribution is 5.99. The Kier molecular flexibility index (Phi) is 6.51. The number of fused-ring (bicyclic) bond motifs is 1. The Labute approximate surface area is 173 Å². The van der Waals surface area contributed by atoms with E-state index in [-0.39, 0.29) is 11.3 Å². The van der Waals surface area contributed by atoms with Crippen molar-refractivity contribution in [3.63, 3.8) is 0 Å². The van der Waals surface area contributed by atoms with Crippen LogP contribution in [0.3, 0.4) is 0 Å². The molecule has 1 amide bonds. The number of amides is 1. The molecule has 2 aromatic carbocycles. The van der Waals surface area contributed by atoms with E-state index in [2.05, 4.69) is 5.32 Å². The fraction of sp³-hybridized carbons (Fsp3) is 0.333. The van der Waals surface area contributed by atoms with Gasteiger partial charge >= 0.3 is 5.97 Å². The number of carbonyl (C=O) groups is 2. The Morgan fingerprint density at radius 3 is 2.20 bits per heavy atom. The summed E-state index contributed by atoms with van der Waals surface area (Å²) in [6.45, 7) is 2.38. The van der Waals surface area contributed by atoms with Gasteiger partial charge in [0.1, 0.15) is 24.5 Å². The molecule has 1 heterocycles. The molecular formula is C21H23NO8. The monoisotopic (exact) mass is 417 g/mol. The highest BCUT2D eigenvalue weighted by atomic mass is 16.6. The predicted octanol–water partition coefficient (Wildman–Crippen LogP) is 2.67. The summed E-state index contributed by atoms with van der Waals surface area (Å²) in [4.78, 5) is 25.1. The highest BCUT2D eigenvalue weighted by Crippen LogP contribution is 2.35. The van der Waals surface area contributed by atoms with Gasteiger partial charge in [0.05, 0.1) is 21.3 Å². The van der Waals surface area contributed by atoms with Crippen molar-refractivity contribution in [3.8, 4) is 28.7 Å². The minimum Gasteiger partial charge on any atom is -0.496 e. The summed E-state index contributed by atoms with van der Waals surface area (Å²) in [5.74, 6) is 0.876. The first-order valence-corrected chi connectivity index (χ1v) is 9.18. The van der Waals surface area contributed by atoms with E-state index in [1.807, 2.05) is 0 Å². The molecule has 0 saturated heterocycles. The highest BCUT2D eigenvalue weighted by Gasteiger charge is 2.24. The van der Waals surface area contributed by atoms with E-state index in [1.54, 1.807) is 18.2 Å². The van der Waals surface area contributed by atoms with Gasteiger partial charge in [-0.2, -0.15) is 0 Å². The molecule has 0 saturated carbocycles. The topological polar surface area (TPSA) is 102 Å². The standard InChI is InChI=1S/C21H23NO8/c1-12(20(23)22-13-5-6-15-19(9-13)29-8-7-28-15)30-21(24)14-10-17(26-3)18(27-4)11-16(14)25-2/h5-6,9-12H,7-8H2,1-4H3,(H,22,23). The van der Waals surface area contributed by atoms with Gasteiger partial charge < -0.3 is 33.7 Å². The Morgan fingerprint density at radius 1 is 0.900 bits per heavy atom. The average Bonchev–Trinajstić information content (AvgIpc) is 2.77. The van der Waals surface area contributed by atoms with E-state index in [9.17, 15) is 9.59 Å². The van der Waals surface area contributed by atoms with Crippen molar-refractivity contribution in [1.29, 1.82) is 0 Å². The molecule has 0 radical (unpaired) electrons. The summed E-state index contributed by atoms with van der Waals surface area (Å²) >= 11 is 0. The second kappa shape index (κ2) is 9.25. The third-order valence-electron chi connectivity index (χ3n) is 4.39. The smallest absolute Gasteiger partial charge is 0.342 e. The first-order chi connectivity index (χ1) is 14.5. The SMILES string of the molecule is COc1cc(OC)c(C(=O)OC(C)C(=O)Nc2ccc3c(c2)OCCO3)cc1OC. The van der Waals surface area contributed by atoms with Crippen LogP contribution in [-0.2, 0) is 9.53 Å². The minimum atomic E-state index is -1.07. The number of methoxy groups -OCH3 is 3.